The van der Waals surface area contributed by atoms with E-state index in [1.54, 1.807) is 12.1 Å². The molecule has 1 aliphatic carbocycles. The third-order valence-corrected chi connectivity index (χ3v) is 4.16. The molecule has 0 aromatic heterocycles. The maximum atomic E-state index is 13.1. The number of halogens is 1. The van der Waals surface area contributed by atoms with Gasteiger partial charge >= 0.3 is 6.03 Å². The molecule has 0 heterocycles. The number of carbonyl (C=O) groups excluding carboxylic acids is 1. The summed E-state index contributed by atoms with van der Waals surface area (Å²) in [4.78, 5) is 12.2. The van der Waals surface area contributed by atoms with Crippen molar-refractivity contribution >= 4 is 11.7 Å². The van der Waals surface area contributed by atoms with Crippen LogP contribution >= 0.6 is 0 Å². The number of hydrogen-bond donors (Lipinski definition) is 3. The predicted molar refractivity (Wildman–Crippen MR) is 82.7 cm³/mol. The van der Waals surface area contributed by atoms with E-state index >= 15 is 0 Å². The highest BCUT2D eigenvalue weighted by Crippen LogP contribution is 2.25. The molecule has 4 N–H and O–H groups in total. The molecular formula is C16H24FN3O. The zero-order chi connectivity index (χ0) is 15.1. The van der Waals surface area contributed by atoms with E-state index < -0.39 is 0 Å². The van der Waals surface area contributed by atoms with Crippen molar-refractivity contribution in [2.45, 2.75) is 50.5 Å². The summed E-state index contributed by atoms with van der Waals surface area (Å²) in [5.74, 6) is -0.368. The maximum absolute atomic E-state index is 13.1. The van der Waals surface area contributed by atoms with Crippen molar-refractivity contribution in [3.8, 4) is 0 Å². The Kier molecular flexibility index (Phi) is 5.56. The lowest BCUT2D eigenvalue weighted by Crippen LogP contribution is -2.55. The van der Waals surface area contributed by atoms with E-state index in [4.69, 9.17) is 5.73 Å². The van der Waals surface area contributed by atoms with Crippen molar-refractivity contribution in [2.75, 3.05) is 11.9 Å². The van der Waals surface area contributed by atoms with Gasteiger partial charge in [0.15, 0.2) is 0 Å². The Hall–Kier alpha value is -1.62. The number of hydrogen-bond acceptors (Lipinski definition) is 2. The van der Waals surface area contributed by atoms with Crippen LogP contribution in [0.2, 0.25) is 0 Å². The van der Waals surface area contributed by atoms with Gasteiger partial charge in [0.05, 0.1) is 5.54 Å². The van der Waals surface area contributed by atoms with Crippen LogP contribution in [0, 0.1) is 5.82 Å². The van der Waals surface area contributed by atoms with E-state index in [2.05, 4.69) is 10.6 Å². The quantitative estimate of drug-likeness (QED) is 0.799. The highest BCUT2D eigenvalue weighted by molar-refractivity contribution is 5.89. The van der Waals surface area contributed by atoms with Crippen LogP contribution in [-0.2, 0) is 0 Å². The highest BCUT2D eigenvalue weighted by atomic mass is 19.1. The van der Waals surface area contributed by atoms with Crippen LogP contribution in [0.5, 0.6) is 0 Å². The van der Waals surface area contributed by atoms with Crippen molar-refractivity contribution in [1.82, 2.24) is 5.32 Å². The SMILES string of the molecule is NCC1(NC(=O)Nc2cccc(F)c2)CCCCCCC1. The minimum atomic E-state index is -0.368. The summed E-state index contributed by atoms with van der Waals surface area (Å²) in [5, 5.41) is 5.70. The molecular weight excluding hydrogens is 269 g/mol. The van der Waals surface area contributed by atoms with Crippen LogP contribution in [0.4, 0.5) is 14.9 Å². The van der Waals surface area contributed by atoms with E-state index in [-0.39, 0.29) is 17.4 Å². The molecule has 1 aromatic carbocycles. The molecule has 116 valence electrons. The number of urea groups is 1. The topological polar surface area (TPSA) is 67.1 Å². The first-order chi connectivity index (χ1) is 10.1. The average molecular weight is 293 g/mol. The molecule has 1 fully saturated rings. The fourth-order valence-electron chi connectivity index (χ4n) is 2.93. The molecule has 0 unspecified atom stereocenters. The second kappa shape index (κ2) is 7.41. The first-order valence-corrected chi connectivity index (χ1v) is 7.68. The van der Waals surface area contributed by atoms with E-state index in [1.807, 2.05) is 0 Å². The lowest BCUT2D eigenvalue weighted by Gasteiger charge is -2.35. The number of anilines is 1. The Balaban J connectivity index is 1.97. The van der Waals surface area contributed by atoms with Crippen molar-refractivity contribution in [2.24, 2.45) is 5.73 Å². The van der Waals surface area contributed by atoms with Gasteiger partial charge in [-0.25, -0.2) is 9.18 Å². The zero-order valence-electron chi connectivity index (χ0n) is 12.3. The Morgan fingerprint density at radius 1 is 1.19 bits per heavy atom. The summed E-state index contributed by atoms with van der Waals surface area (Å²) >= 11 is 0. The molecule has 2 rings (SSSR count). The Morgan fingerprint density at radius 2 is 1.86 bits per heavy atom. The van der Waals surface area contributed by atoms with E-state index in [9.17, 15) is 9.18 Å². The fourth-order valence-corrected chi connectivity index (χ4v) is 2.93. The van der Waals surface area contributed by atoms with E-state index in [1.165, 1.54) is 31.4 Å². The highest BCUT2D eigenvalue weighted by Gasteiger charge is 2.30. The largest absolute Gasteiger partial charge is 0.331 e. The first-order valence-electron chi connectivity index (χ1n) is 7.68. The lowest BCUT2D eigenvalue weighted by atomic mass is 9.84. The average Bonchev–Trinajstić information content (AvgIpc) is 2.42. The van der Waals surface area contributed by atoms with Gasteiger partial charge in [-0.3, -0.25) is 0 Å². The monoisotopic (exact) mass is 293 g/mol. The molecule has 0 atom stereocenters. The third-order valence-electron chi connectivity index (χ3n) is 4.16. The number of amides is 2. The number of nitrogens with one attached hydrogen (secondary N) is 2. The first kappa shape index (κ1) is 15.8. The van der Waals surface area contributed by atoms with Gasteiger partial charge in [-0.1, -0.05) is 38.2 Å². The number of benzene rings is 1. The van der Waals surface area contributed by atoms with Crippen LogP contribution in [0.25, 0.3) is 0 Å². The lowest BCUT2D eigenvalue weighted by molar-refractivity contribution is 0.222. The van der Waals surface area contributed by atoms with Crippen LogP contribution in [0.1, 0.15) is 44.9 Å². The number of rotatable bonds is 3. The zero-order valence-corrected chi connectivity index (χ0v) is 12.3. The molecule has 1 aliphatic rings. The molecule has 2 amide bonds. The molecule has 4 nitrogen and oxygen atoms in total. The van der Waals surface area contributed by atoms with Crippen LogP contribution in [0.15, 0.2) is 24.3 Å². The molecule has 0 spiro atoms. The minimum Gasteiger partial charge on any atom is -0.331 e. The molecule has 1 aromatic rings. The molecule has 21 heavy (non-hydrogen) atoms. The molecule has 0 bridgehead atoms. The van der Waals surface area contributed by atoms with Gasteiger partial charge in [0.1, 0.15) is 5.82 Å². The Bertz CT molecular complexity index is 470. The second-order valence-corrected chi connectivity index (χ2v) is 5.84. The number of carbonyl (C=O) groups is 1. The third kappa shape index (κ3) is 4.70. The second-order valence-electron chi connectivity index (χ2n) is 5.84. The van der Waals surface area contributed by atoms with Gasteiger partial charge < -0.3 is 16.4 Å². The smallest absolute Gasteiger partial charge is 0.319 e. The summed E-state index contributed by atoms with van der Waals surface area (Å²) in [6.45, 7) is 0.434. The van der Waals surface area contributed by atoms with Gasteiger partial charge in [-0.2, -0.15) is 0 Å². The van der Waals surface area contributed by atoms with Gasteiger partial charge in [0.2, 0.25) is 0 Å². The van der Waals surface area contributed by atoms with Gasteiger partial charge in [0.25, 0.3) is 0 Å². The van der Waals surface area contributed by atoms with Crippen molar-refractivity contribution in [1.29, 1.82) is 0 Å². The normalized spacial score (nSPS) is 18.4. The van der Waals surface area contributed by atoms with Gasteiger partial charge in [0, 0.05) is 12.2 Å². The molecule has 0 radical (unpaired) electrons. The molecule has 5 heteroatoms. The maximum Gasteiger partial charge on any atom is 0.319 e. The summed E-state index contributed by atoms with van der Waals surface area (Å²) in [6.07, 6.45) is 7.61. The van der Waals surface area contributed by atoms with Crippen LogP contribution in [-0.4, -0.2) is 18.1 Å². The van der Waals surface area contributed by atoms with Crippen molar-refractivity contribution in [3.05, 3.63) is 30.1 Å². The van der Waals surface area contributed by atoms with Crippen LogP contribution < -0.4 is 16.4 Å². The van der Waals surface area contributed by atoms with Gasteiger partial charge in [-0.15, -0.1) is 0 Å². The number of nitrogens with two attached hydrogens (primary N) is 1. The van der Waals surface area contributed by atoms with Crippen molar-refractivity contribution < 1.29 is 9.18 Å². The Labute approximate surface area is 125 Å². The fraction of sp³-hybridized carbons (Fsp3) is 0.562. The molecule has 1 saturated carbocycles. The predicted octanol–water partition coefficient (Wildman–Crippen LogP) is 3.39. The summed E-state index contributed by atoms with van der Waals surface area (Å²) in [5.41, 5.74) is 6.04. The minimum absolute atomic E-state index is 0.313. The molecule has 0 saturated heterocycles. The standard InChI is InChI=1S/C16H24FN3O/c17-13-7-6-8-14(11-13)19-15(21)20-16(12-18)9-4-2-1-3-5-10-16/h6-8,11H,1-5,9-10,12,18H2,(H2,19,20,21). The Morgan fingerprint density at radius 3 is 2.48 bits per heavy atom. The van der Waals surface area contributed by atoms with E-state index in [0.29, 0.717) is 12.2 Å². The summed E-state index contributed by atoms with van der Waals surface area (Å²) in [6, 6.07) is 5.56. The van der Waals surface area contributed by atoms with Crippen LogP contribution in [0.3, 0.4) is 0 Å². The molecule has 0 aliphatic heterocycles. The van der Waals surface area contributed by atoms with E-state index in [0.717, 1.165) is 25.7 Å². The van der Waals surface area contributed by atoms with Crippen molar-refractivity contribution in [3.63, 3.8) is 0 Å². The van der Waals surface area contributed by atoms with Gasteiger partial charge in [-0.05, 0) is 31.0 Å². The summed E-state index contributed by atoms with van der Waals surface area (Å²) < 4.78 is 13.1. The summed E-state index contributed by atoms with van der Waals surface area (Å²) in [7, 11) is 0.